The molecule has 2 nitrogen and oxygen atoms in total. The van der Waals surface area contributed by atoms with Crippen LogP contribution in [0.2, 0.25) is 0 Å². The highest BCUT2D eigenvalue weighted by Gasteiger charge is 2.20. The molecule has 0 saturated heterocycles. The van der Waals surface area contributed by atoms with Crippen molar-refractivity contribution in [1.29, 1.82) is 0 Å². The zero-order valence-electron chi connectivity index (χ0n) is 13.5. The molecule has 5 rings (SSSR count). The number of thioether (sulfide) groups is 2. The zero-order valence-corrected chi connectivity index (χ0v) is 16.8. The Labute approximate surface area is 157 Å². The third-order valence-electron chi connectivity index (χ3n) is 4.51. The van der Waals surface area contributed by atoms with Gasteiger partial charge in [-0.1, -0.05) is 11.1 Å². The fourth-order valence-corrected chi connectivity index (χ4v) is 7.98. The van der Waals surface area contributed by atoms with E-state index >= 15 is 0 Å². The minimum Gasteiger partial charge on any atom is -0.235 e. The number of benzene rings is 1. The van der Waals surface area contributed by atoms with Gasteiger partial charge in [0.25, 0.3) is 0 Å². The molecule has 0 aliphatic carbocycles. The minimum atomic E-state index is 1.12. The first kappa shape index (κ1) is 15.4. The number of nitrogens with zero attached hydrogens (tertiary/aromatic N) is 2. The number of hydrogen-bond donors (Lipinski definition) is 0. The molecule has 0 amide bonds. The average Bonchev–Trinajstić information content (AvgIpc) is 3.29. The SMILES string of the molecule is CC1=C(c2nc3cc4sc(C5=C(C)CCS5)nc4cc3s2)SCC1. The Hall–Kier alpha value is -0.820. The summed E-state index contributed by atoms with van der Waals surface area (Å²) in [5.74, 6) is 2.40. The average molecular weight is 389 g/mol. The van der Waals surface area contributed by atoms with E-state index in [9.17, 15) is 0 Å². The van der Waals surface area contributed by atoms with Gasteiger partial charge in [-0.15, -0.1) is 46.2 Å². The zero-order chi connectivity index (χ0) is 16.3. The van der Waals surface area contributed by atoms with Gasteiger partial charge >= 0.3 is 0 Å². The Bertz CT molecular complexity index is 907. The van der Waals surface area contributed by atoms with E-state index in [1.807, 2.05) is 46.2 Å². The summed E-state index contributed by atoms with van der Waals surface area (Å²) in [6, 6.07) is 4.47. The van der Waals surface area contributed by atoms with Gasteiger partial charge in [0.05, 0.1) is 20.4 Å². The summed E-state index contributed by atoms with van der Waals surface area (Å²) in [6.45, 7) is 4.48. The number of allylic oxidation sites excluding steroid dienone is 2. The van der Waals surface area contributed by atoms with Crippen molar-refractivity contribution in [2.75, 3.05) is 11.5 Å². The maximum atomic E-state index is 4.92. The van der Waals surface area contributed by atoms with E-state index in [1.165, 1.54) is 64.7 Å². The Morgan fingerprint density at radius 1 is 0.750 bits per heavy atom. The monoisotopic (exact) mass is 388 g/mol. The van der Waals surface area contributed by atoms with E-state index in [2.05, 4.69) is 26.0 Å². The number of fused-ring (bicyclic) bond motifs is 2. The number of rotatable bonds is 2. The van der Waals surface area contributed by atoms with Crippen LogP contribution in [0, 0.1) is 0 Å². The lowest BCUT2D eigenvalue weighted by Gasteiger charge is -1.96. The van der Waals surface area contributed by atoms with E-state index in [1.54, 1.807) is 0 Å². The molecule has 2 aliphatic heterocycles. The second-order valence-corrected chi connectivity index (χ2v) is 10.5. The van der Waals surface area contributed by atoms with E-state index in [4.69, 9.17) is 9.97 Å². The van der Waals surface area contributed by atoms with Crippen molar-refractivity contribution in [2.24, 2.45) is 0 Å². The largest absolute Gasteiger partial charge is 0.235 e. The third kappa shape index (κ3) is 2.46. The van der Waals surface area contributed by atoms with Gasteiger partial charge in [-0.3, -0.25) is 0 Å². The number of hydrogen-bond acceptors (Lipinski definition) is 6. The first-order valence-electron chi connectivity index (χ1n) is 8.06. The lowest BCUT2D eigenvalue weighted by molar-refractivity contribution is 1.15. The molecule has 1 aromatic carbocycles. The molecule has 0 unspecified atom stereocenters. The molecule has 3 aromatic rings. The molecule has 0 saturated carbocycles. The second-order valence-electron chi connectivity index (χ2n) is 6.24. The summed E-state index contributed by atoms with van der Waals surface area (Å²) < 4.78 is 2.51. The van der Waals surface area contributed by atoms with Gasteiger partial charge in [-0.25, -0.2) is 9.97 Å². The molecule has 0 N–H and O–H groups in total. The molecular weight excluding hydrogens is 372 g/mol. The Morgan fingerprint density at radius 2 is 1.21 bits per heavy atom. The molecule has 4 heterocycles. The summed E-state index contributed by atoms with van der Waals surface area (Å²) in [5.41, 5.74) is 5.22. The van der Waals surface area contributed by atoms with Crippen molar-refractivity contribution in [3.63, 3.8) is 0 Å². The van der Waals surface area contributed by atoms with Crippen molar-refractivity contribution < 1.29 is 0 Å². The minimum absolute atomic E-state index is 1.12. The van der Waals surface area contributed by atoms with Crippen LogP contribution in [0.15, 0.2) is 23.3 Å². The maximum Gasteiger partial charge on any atom is 0.130 e. The van der Waals surface area contributed by atoms with Gasteiger partial charge in [0, 0.05) is 21.3 Å². The lowest BCUT2D eigenvalue weighted by Crippen LogP contribution is -1.77. The first-order chi connectivity index (χ1) is 11.7. The van der Waals surface area contributed by atoms with E-state index in [-0.39, 0.29) is 0 Å². The normalized spacial score (nSPS) is 18.8. The summed E-state index contributed by atoms with van der Waals surface area (Å²) in [5, 5.41) is 2.38. The van der Waals surface area contributed by atoms with Gasteiger partial charge in [0.1, 0.15) is 10.0 Å². The van der Waals surface area contributed by atoms with Crippen LogP contribution < -0.4 is 0 Å². The molecule has 0 fully saturated rings. The fourth-order valence-electron chi connectivity index (χ4n) is 3.12. The Kier molecular flexibility index (Phi) is 3.77. The van der Waals surface area contributed by atoms with E-state index < -0.39 is 0 Å². The maximum absolute atomic E-state index is 4.92. The van der Waals surface area contributed by atoms with Crippen LogP contribution in [0.4, 0.5) is 0 Å². The van der Waals surface area contributed by atoms with Crippen LogP contribution in [0.3, 0.4) is 0 Å². The molecule has 2 aromatic heterocycles. The van der Waals surface area contributed by atoms with Gasteiger partial charge in [-0.05, 0) is 38.8 Å². The molecular formula is C18H16N2S4. The highest BCUT2D eigenvalue weighted by Crippen LogP contribution is 2.44. The molecule has 0 spiro atoms. The molecule has 6 heteroatoms. The van der Waals surface area contributed by atoms with E-state index in [0.717, 1.165) is 11.0 Å². The summed E-state index contributed by atoms with van der Waals surface area (Å²) in [4.78, 5) is 12.6. The quantitative estimate of drug-likeness (QED) is 0.491. The topological polar surface area (TPSA) is 25.8 Å². The summed E-state index contributed by atoms with van der Waals surface area (Å²) >= 11 is 7.53. The number of aromatic nitrogens is 2. The Balaban J connectivity index is 1.63. The van der Waals surface area contributed by atoms with Crippen molar-refractivity contribution in [2.45, 2.75) is 26.7 Å². The van der Waals surface area contributed by atoms with Crippen molar-refractivity contribution in [3.8, 4) is 0 Å². The standard InChI is InChI=1S/C18H16N2S4/c1-9-3-5-21-15(9)17-19-11-7-14-12(8-13(11)23-17)20-18(24-14)16-10(2)4-6-22-16/h7-8H,3-6H2,1-2H3. The van der Waals surface area contributed by atoms with Crippen LogP contribution in [0.25, 0.3) is 30.2 Å². The van der Waals surface area contributed by atoms with Gasteiger partial charge in [-0.2, -0.15) is 0 Å². The van der Waals surface area contributed by atoms with Crippen molar-refractivity contribution in [3.05, 3.63) is 33.3 Å². The highest BCUT2D eigenvalue weighted by atomic mass is 32.2. The first-order valence-corrected chi connectivity index (χ1v) is 11.7. The highest BCUT2D eigenvalue weighted by molar-refractivity contribution is 8.09. The predicted molar refractivity (Wildman–Crippen MR) is 112 cm³/mol. The smallest absolute Gasteiger partial charge is 0.130 e. The third-order valence-corrected chi connectivity index (χ3v) is 9.32. The van der Waals surface area contributed by atoms with Crippen molar-refractivity contribution in [1.82, 2.24) is 9.97 Å². The molecule has 0 atom stereocenters. The molecule has 2 aliphatic rings. The Morgan fingerprint density at radius 3 is 1.58 bits per heavy atom. The van der Waals surface area contributed by atoms with Crippen LogP contribution in [-0.4, -0.2) is 21.5 Å². The second kappa shape index (κ2) is 5.87. The predicted octanol–water partition coefficient (Wildman–Crippen LogP) is 6.64. The fraction of sp³-hybridized carbons (Fsp3) is 0.333. The molecule has 0 radical (unpaired) electrons. The van der Waals surface area contributed by atoms with Crippen LogP contribution in [0.1, 0.15) is 36.7 Å². The van der Waals surface area contributed by atoms with Crippen LogP contribution in [-0.2, 0) is 0 Å². The molecule has 0 bridgehead atoms. The van der Waals surface area contributed by atoms with E-state index in [0.29, 0.717) is 0 Å². The van der Waals surface area contributed by atoms with Gasteiger partial charge < -0.3 is 0 Å². The summed E-state index contributed by atoms with van der Waals surface area (Å²) in [7, 11) is 0. The number of thiazole rings is 2. The summed E-state index contributed by atoms with van der Waals surface area (Å²) in [6.07, 6.45) is 2.39. The van der Waals surface area contributed by atoms with Crippen LogP contribution in [0.5, 0.6) is 0 Å². The van der Waals surface area contributed by atoms with Gasteiger partial charge in [0.2, 0.25) is 0 Å². The molecule has 24 heavy (non-hydrogen) atoms. The van der Waals surface area contributed by atoms with Gasteiger partial charge in [0.15, 0.2) is 0 Å². The molecule has 122 valence electrons. The lowest BCUT2D eigenvalue weighted by atomic mass is 10.2. The van der Waals surface area contributed by atoms with Crippen LogP contribution >= 0.6 is 46.2 Å². The van der Waals surface area contributed by atoms with Crippen molar-refractivity contribution >= 4 is 76.4 Å².